The van der Waals surface area contributed by atoms with Crippen LogP contribution in [0.2, 0.25) is 0 Å². The summed E-state index contributed by atoms with van der Waals surface area (Å²) in [5.41, 5.74) is -29.0. The predicted molar refractivity (Wildman–Crippen MR) is 202 cm³/mol. The predicted octanol–water partition coefficient (Wildman–Crippen LogP) is 13.4. The Morgan fingerprint density at radius 1 is 0.296 bits per heavy atom. The first-order chi connectivity index (χ1) is 32.1. The van der Waals surface area contributed by atoms with Gasteiger partial charge in [-0.05, 0) is 24.3 Å². The second-order valence-electron chi connectivity index (χ2n) is 15.4. The maximum Gasteiger partial charge on any atom is 0.416 e. The average Bonchev–Trinajstić information content (AvgIpc) is 3.22. The van der Waals surface area contributed by atoms with Crippen LogP contribution < -0.4 is 26.4 Å². The first kappa shape index (κ1) is 55.5. The topological polar surface area (TPSA) is 3.88 Å². The largest absolute Gasteiger partial charge is 0.416 e. The Morgan fingerprint density at radius 3 is 0.704 bits per heavy atom. The molecule has 6 aromatic rings. The van der Waals surface area contributed by atoms with Crippen LogP contribution in [0.15, 0.2) is 128 Å². The van der Waals surface area contributed by atoms with Gasteiger partial charge in [-0.1, -0.05) is 78.9 Å². The molecule has 27 heteroatoms. The van der Waals surface area contributed by atoms with E-state index in [0.717, 1.165) is 6.54 Å². The summed E-state index contributed by atoms with van der Waals surface area (Å²) in [6.45, 7) is 0.779. The fourth-order valence-corrected chi connectivity index (χ4v) is 7.41. The summed E-state index contributed by atoms with van der Waals surface area (Å²) < 4.78 is 355. The third kappa shape index (κ3) is 13.1. The molecule has 0 saturated heterocycles. The zero-order valence-corrected chi connectivity index (χ0v) is 34.3. The molecule has 0 aliphatic heterocycles. The third-order valence-corrected chi connectivity index (χ3v) is 10.5. The van der Waals surface area contributed by atoms with Crippen molar-refractivity contribution in [3.05, 3.63) is 184 Å². The third-order valence-electron chi connectivity index (χ3n) is 10.5. The van der Waals surface area contributed by atoms with E-state index in [1.54, 1.807) is 12.4 Å². The Kier molecular flexibility index (Phi) is 14.8. The van der Waals surface area contributed by atoms with E-state index in [4.69, 9.17) is 0 Å². The van der Waals surface area contributed by atoms with Gasteiger partial charge in [-0.25, -0.2) is 8.96 Å². The molecule has 1 nitrogen and oxygen atoms in total. The SMILES string of the molecule is FC(F)(F)c1cc([B-](c2cc(C(F)(F)F)cc(C(F)(F)F)c2)(c2cc(C(F)(F)F)cc(C(F)(F)F)c2)c2cc(C(F)(F)F)cc(C(F)(F)F)c2)cc(C(F)(F)F)c1.Fc1cc[n+](Cc2ccccc2)cc1. The maximum atomic E-state index is 14.2. The minimum absolute atomic E-state index is 0.200. The van der Waals surface area contributed by atoms with Crippen LogP contribution in [-0.4, -0.2) is 6.15 Å². The molecule has 0 radical (unpaired) electrons. The highest BCUT2D eigenvalue weighted by Crippen LogP contribution is 2.41. The zero-order valence-electron chi connectivity index (χ0n) is 34.3. The molecule has 0 amide bonds. The first-order valence-electron chi connectivity index (χ1n) is 19.1. The molecule has 0 aliphatic rings. The van der Waals surface area contributed by atoms with Crippen LogP contribution in [0.5, 0.6) is 0 Å². The van der Waals surface area contributed by atoms with Gasteiger partial charge in [0.1, 0.15) is 12.0 Å². The average molecular weight is 1050 g/mol. The number of rotatable bonds is 6. The number of pyridine rings is 1. The van der Waals surface area contributed by atoms with Crippen molar-refractivity contribution in [1.29, 1.82) is 0 Å². The van der Waals surface area contributed by atoms with Crippen molar-refractivity contribution in [3.63, 3.8) is 0 Å². The lowest BCUT2D eigenvalue weighted by Crippen LogP contribution is -2.75. The molecule has 382 valence electrons. The molecular weight excluding hydrogens is 1030 g/mol. The monoisotopic (exact) mass is 1050 g/mol. The highest BCUT2D eigenvalue weighted by atomic mass is 19.4. The Balaban J connectivity index is 0.000000569. The smallest absolute Gasteiger partial charge is 0.207 e. The van der Waals surface area contributed by atoms with Gasteiger partial charge in [-0.3, -0.25) is 0 Å². The molecule has 0 saturated carbocycles. The second-order valence-corrected chi connectivity index (χ2v) is 15.4. The molecular formula is C44H23BF25N. The maximum absolute atomic E-state index is 14.2. The summed E-state index contributed by atoms with van der Waals surface area (Å²) in [4.78, 5) is 0. The van der Waals surface area contributed by atoms with Crippen LogP contribution in [0.25, 0.3) is 0 Å². The minimum atomic E-state index is -6.13. The number of aromatic nitrogens is 1. The quantitative estimate of drug-likeness (QED) is 0.0889. The van der Waals surface area contributed by atoms with E-state index in [0.29, 0.717) is 0 Å². The highest BCUT2D eigenvalue weighted by Gasteiger charge is 2.47. The molecule has 0 spiro atoms. The molecule has 0 unspecified atom stereocenters. The summed E-state index contributed by atoms with van der Waals surface area (Å²) in [5.74, 6) is -0.200. The number of alkyl halides is 24. The van der Waals surface area contributed by atoms with E-state index in [1.165, 1.54) is 17.7 Å². The lowest BCUT2D eigenvalue weighted by atomic mass is 9.12. The molecule has 6 rings (SSSR count). The van der Waals surface area contributed by atoms with Crippen molar-refractivity contribution >= 4 is 28.0 Å². The molecule has 0 N–H and O–H groups in total. The fraction of sp³-hybridized carbons (Fsp3) is 0.205. The lowest BCUT2D eigenvalue weighted by Gasteiger charge is -2.46. The molecule has 0 bridgehead atoms. The van der Waals surface area contributed by atoms with Crippen molar-refractivity contribution in [2.24, 2.45) is 0 Å². The number of benzene rings is 5. The van der Waals surface area contributed by atoms with Gasteiger partial charge in [0.15, 0.2) is 18.9 Å². The van der Waals surface area contributed by atoms with Crippen molar-refractivity contribution in [2.45, 2.75) is 56.0 Å². The van der Waals surface area contributed by atoms with E-state index in [1.807, 2.05) is 22.8 Å². The fourth-order valence-electron chi connectivity index (χ4n) is 7.41. The van der Waals surface area contributed by atoms with Gasteiger partial charge in [-0.15, -0.1) is 0 Å². The van der Waals surface area contributed by atoms with Gasteiger partial charge in [0.2, 0.25) is 0 Å². The summed E-state index contributed by atoms with van der Waals surface area (Å²) in [6.07, 6.45) is -51.3. The van der Waals surface area contributed by atoms with Crippen LogP contribution in [0.1, 0.15) is 50.1 Å². The first-order valence-corrected chi connectivity index (χ1v) is 19.1. The van der Waals surface area contributed by atoms with Gasteiger partial charge in [0, 0.05) is 17.7 Å². The normalized spacial score (nSPS) is 13.5. The van der Waals surface area contributed by atoms with Crippen LogP contribution in [0.3, 0.4) is 0 Å². The van der Waals surface area contributed by atoms with Crippen LogP contribution in [0, 0.1) is 5.82 Å². The molecule has 5 aromatic carbocycles. The Bertz CT molecular complexity index is 2390. The Hall–Kier alpha value is -6.44. The summed E-state index contributed by atoms with van der Waals surface area (Å²) >= 11 is 0. The Labute approximate surface area is 381 Å². The molecule has 1 aromatic heterocycles. The molecule has 1 heterocycles. The number of halogens is 25. The molecule has 0 aliphatic carbocycles. The van der Waals surface area contributed by atoms with E-state index >= 15 is 0 Å². The van der Waals surface area contributed by atoms with Crippen LogP contribution in [-0.2, 0) is 56.0 Å². The summed E-state index contributed by atoms with van der Waals surface area (Å²) in [6, 6.07) is 4.20. The number of hydrogen-bond donors (Lipinski definition) is 0. The zero-order chi connectivity index (χ0) is 53.7. The van der Waals surface area contributed by atoms with Gasteiger partial charge in [0.25, 0.3) is 0 Å². The van der Waals surface area contributed by atoms with Gasteiger partial charge in [0.05, 0.1) is 44.5 Å². The highest BCUT2D eigenvalue weighted by molar-refractivity contribution is 7.20. The molecule has 71 heavy (non-hydrogen) atoms. The van der Waals surface area contributed by atoms with Crippen LogP contribution in [0.4, 0.5) is 110 Å². The standard InChI is InChI=1S/C32H12BF24.C12H11FN/c34-25(35,36)13-1-14(26(37,38)39)6-21(5-13)33(22-7-15(27(40,41)42)2-16(8-22)28(43,44)45,23-9-17(29(46,47)48)3-18(10-23)30(49,50)51)24-11-19(31(52,53)54)4-20(12-24)32(55,56)57;13-12-6-8-14(9-7-12)10-11-4-2-1-3-5-11/h1-12H;1-9H,10H2/q-1;+1. The van der Waals surface area contributed by atoms with Crippen molar-refractivity contribution in [1.82, 2.24) is 0 Å². The van der Waals surface area contributed by atoms with E-state index in [9.17, 15) is 110 Å². The van der Waals surface area contributed by atoms with E-state index < -0.39 is 195 Å². The van der Waals surface area contributed by atoms with Crippen molar-refractivity contribution < 1.29 is 114 Å². The summed E-state index contributed by atoms with van der Waals surface area (Å²) in [5, 5.41) is 0. The minimum Gasteiger partial charge on any atom is -0.207 e. The summed E-state index contributed by atoms with van der Waals surface area (Å²) in [7, 11) is 0. The van der Waals surface area contributed by atoms with Gasteiger partial charge >= 0.3 is 49.4 Å². The molecule has 0 atom stereocenters. The van der Waals surface area contributed by atoms with Gasteiger partial charge < -0.3 is 0 Å². The van der Waals surface area contributed by atoms with Crippen LogP contribution >= 0.6 is 0 Å². The van der Waals surface area contributed by atoms with E-state index in [2.05, 4.69) is 12.1 Å². The van der Waals surface area contributed by atoms with E-state index in [-0.39, 0.29) is 5.82 Å². The molecule has 0 fully saturated rings. The van der Waals surface area contributed by atoms with Crippen molar-refractivity contribution in [2.75, 3.05) is 0 Å². The van der Waals surface area contributed by atoms with Gasteiger partial charge in [-0.2, -0.15) is 127 Å². The lowest BCUT2D eigenvalue weighted by molar-refractivity contribution is -0.688. The Morgan fingerprint density at radius 2 is 0.507 bits per heavy atom. The number of nitrogens with zero attached hydrogens (tertiary/aromatic N) is 1. The van der Waals surface area contributed by atoms with Crippen molar-refractivity contribution in [3.8, 4) is 0 Å². The number of hydrogen-bond acceptors (Lipinski definition) is 0. The second kappa shape index (κ2) is 19.0.